The number of hydrogen-bond acceptors (Lipinski definition) is 13. The molecule has 0 radical (unpaired) electrons. The first kappa shape index (κ1) is 41.0. The van der Waals surface area contributed by atoms with Gasteiger partial charge in [0.15, 0.2) is 11.5 Å². The Morgan fingerprint density at radius 2 is 1.20 bits per heavy atom. The summed E-state index contributed by atoms with van der Waals surface area (Å²) < 4.78 is 32.3. The number of carbonyl (C=O) groups excluding carboxylic acids is 3. The largest absolute Gasteiger partial charge is 0.494 e. The molecule has 0 aliphatic heterocycles. The van der Waals surface area contributed by atoms with Crippen LogP contribution in [-0.4, -0.2) is 57.8 Å². The Morgan fingerprint density at radius 1 is 0.636 bits per heavy atom. The van der Waals surface area contributed by atoms with Gasteiger partial charge in [-0.05, 0) is 110 Å². The average molecular weight is 751 g/mol. The summed E-state index contributed by atoms with van der Waals surface area (Å²) in [6.07, 6.45) is 8.84. The van der Waals surface area contributed by atoms with Gasteiger partial charge in [0.1, 0.15) is 23.9 Å². The van der Waals surface area contributed by atoms with Gasteiger partial charge in [-0.25, -0.2) is 14.4 Å². The van der Waals surface area contributed by atoms with E-state index in [0.29, 0.717) is 53.1 Å². The van der Waals surface area contributed by atoms with Crippen molar-refractivity contribution in [1.29, 1.82) is 0 Å². The molecule has 0 unspecified atom stereocenters. The minimum atomic E-state index is -0.547. The maximum Gasteiger partial charge on any atom is 0.343 e. The van der Waals surface area contributed by atoms with Gasteiger partial charge in [-0.15, -0.1) is 0 Å². The summed E-state index contributed by atoms with van der Waals surface area (Å²) in [6, 6.07) is 23.7. The second kappa shape index (κ2) is 22.4. The van der Waals surface area contributed by atoms with Gasteiger partial charge < -0.3 is 33.3 Å². The summed E-state index contributed by atoms with van der Waals surface area (Å²) in [5.41, 5.74) is 2.52. The maximum absolute atomic E-state index is 12.7. The van der Waals surface area contributed by atoms with E-state index < -0.39 is 17.9 Å². The molecule has 4 aromatic carbocycles. The second-order valence-electron chi connectivity index (χ2n) is 11.5. The van der Waals surface area contributed by atoms with Crippen molar-refractivity contribution in [3.05, 3.63) is 132 Å². The highest BCUT2D eigenvalue weighted by Crippen LogP contribution is 2.38. The molecule has 0 amide bonds. The second-order valence-corrected chi connectivity index (χ2v) is 11.5. The van der Waals surface area contributed by atoms with E-state index in [0.717, 1.165) is 49.0 Å². The Morgan fingerprint density at radius 3 is 1.82 bits per heavy atom. The van der Waals surface area contributed by atoms with Gasteiger partial charge in [-0.3, -0.25) is 0 Å². The van der Waals surface area contributed by atoms with Gasteiger partial charge in [0.05, 0.1) is 45.4 Å². The standard InChI is InChI=1S/C42H42N2O11/c1-5-39(45)51-24-10-8-7-9-23-50-34-21-15-33(16-22-34)42(47)54-36-17-11-30(12-18-36)27-43-44-28-32-25-37(48-3)41(38(26-32)49-4)55-52-29-31-13-19-35(20-14-31)53-40(46)6-2/h5-6,11-22,25-28H,1-2,7-10,23-24,29H2,3-4H3. The highest BCUT2D eigenvalue weighted by molar-refractivity contribution is 5.91. The summed E-state index contributed by atoms with van der Waals surface area (Å²) in [5.74, 6) is 0.882. The van der Waals surface area contributed by atoms with Crippen LogP contribution in [0.15, 0.2) is 120 Å². The third kappa shape index (κ3) is 14.0. The van der Waals surface area contributed by atoms with Crippen LogP contribution < -0.4 is 28.6 Å². The van der Waals surface area contributed by atoms with Crippen molar-refractivity contribution in [2.24, 2.45) is 10.2 Å². The molecule has 0 saturated carbocycles. The lowest BCUT2D eigenvalue weighted by atomic mass is 10.2. The normalized spacial score (nSPS) is 10.8. The Hall–Kier alpha value is -6.73. The first-order valence-electron chi connectivity index (χ1n) is 17.2. The number of unbranched alkanes of at least 4 members (excludes halogenated alkanes) is 3. The molecule has 0 N–H and O–H groups in total. The lowest BCUT2D eigenvalue weighted by Gasteiger charge is -2.14. The number of methoxy groups -OCH3 is 2. The monoisotopic (exact) mass is 750 g/mol. The molecule has 4 aromatic rings. The van der Waals surface area contributed by atoms with Crippen molar-refractivity contribution in [2.75, 3.05) is 27.4 Å². The topological polar surface area (TPSA) is 150 Å². The molecule has 0 fully saturated rings. The molecule has 0 aliphatic rings. The number of carbonyl (C=O) groups is 3. The summed E-state index contributed by atoms with van der Waals surface area (Å²) in [4.78, 5) is 46.0. The third-order valence-corrected chi connectivity index (χ3v) is 7.54. The quantitative estimate of drug-likeness (QED) is 0.0148. The van der Waals surface area contributed by atoms with Crippen LogP contribution in [0.1, 0.15) is 52.7 Å². The van der Waals surface area contributed by atoms with E-state index in [1.807, 2.05) is 0 Å². The van der Waals surface area contributed by atoms with E-state index in [1.165, 1.54) is 20.4 Å². The molecule has 4 rings (SSSR count). The van der Waals surface area contributed by atoms with Gasteiger partial charge in [-0.2, -0.15) is 15.1 Å². The highest BCUT2D eigenvalue weighted by atomic mass is 17.2. The van der Waals surface area contributed by atoms with E-state index in [-0.39, 0.29) is 12.4 Å². The molecular formula is C42H42N2O11. The predicted molar refractivity (Wildman–Crippen MR) is 205 cm³/mol. The fraction of sp³-hybridized carbons (Fsp3) is 0.214. The van der Waals surface area contributed by atoms with Crippen LogP contribution in [0.5, 0.6) is 34.5 Å². The van der Waals surface area contributed by atoms with Gasteiger partial charge in [0.2, 0.25) is 5.75 Å². The van der Waals surface area contributed by atoms with E-state index in [4.69, 9.17) is 38.2 Å². The lowest BCUT2D eigenvalue weighted by molar-refractivity contribution is -0.219. The smallest absolute Gasteiger partial charge is 0.343 e. The summed E-state index contributed by atoms with van der Waals surface area (Å²) in [5, 5.41) is 8.24. The molecule has 0 aliphatic carbocycles. The summed E-state index contributed by atoms with van der Waals surface area (Å²) in [6.45, 7) is 7.76. The maximum atomic E-state index is 12.7. The number of rotatable bonds is 22. The lowest BCUT2D eigenvalue weighted by Crippen LogP contribution is -2.08. The zero-order chi connectivity index (χ0) is 39.3. The number of esters is 3. The van der Waals surface area contributed by atoms with E-state index in [9.17, 15) is 14.4 Å². The molecule has 0 spiro atoms. The summed E-state index contributed by atoms with van der Waals surface area (Å²) >= 11 is 0. The predicted octanol–water partition coefficient (Wildman–Crippen LogP) is 7.65. The van der Waals surface area contributed by atoms with E-state index in [2.05, 4.69) is 23.4 Å². The van der Waals surface area contributed by atoms with Crippen molar-refractivity contribution in [2.45, 2.75) is 32.3 Å². The zero-order valence-electron chi connectivity index (χ0n) is 30.6. The number of benzene rings is 4. The molecule has 0 saturated heterocycles. The van der Waals surface area contributed by atoms with Crippen molar-refractivity contribution in [3.63, 3.8) is 0 Å². The Balaban J connectivity index is 1.21. The molecular weight excluding hydrogens is 708 g/mol. The fourth-order valence-corrected chi connectivity index (χ4v) is 4.68. The molecule has 0 heterocycles. The SMILES string of the molecule is C=CC(=O)OCCCCCCOc1ccc(C(=O)Oc2ccc(C=NN=Cc3cc(OC)c(OOCc4ccc(OC(=O)C=C)cc4)c(OC)c3)cc2)cc1. The van der Waals surface area contributed by atoms with Gasteiger partial charge in [0.25, 0.3) is 0 Å². The molecule has 0 atom stereocenters. The molecule has 55 heavy (non-hydrogen) atoms. The van der Waals surface area contributed by atoms with Crippen molar-refractivity contribution in [1.82, 2.24) is 0 Å². The van der Waals surface area contributed by atoms with Crippen LogP contribution >= 0.6 is 0 Å². The summed E-state index contributed by atoms with van der Waals surface area (Å²) in [7, 11) is 2.97. The zero-order valence-corrected chi connectivity index (χ0v) is 30.6. The third-order valence-electron chi connectivity index (χ3n) is 7.54. The minimum absolute atomic E-state index is 0.0938. The number of ether oxygens (including phenoxy) is 6. The van der Waals surface area contributed by atoms with Gasteiger partial charge in [0, 0.05) is 17.7 Å². The number of hydrogen-bond donors (Lipinski definition) is 0. The van der Waals surface area contributed by atoms with Crippen molar-refractivity contribution < 1.29 is 52.6 Å². The van der Waals surface area contributed by atoms with Crippen LogP contribution in [0.25, 0.3) is 0 Å². The van der Waals surface area contributed by atoms with Crippen molar-refractivity contribution >= 4 is 30.3 Å². The average Bonchev–Trinajstić information content (AvgIpc) is 3.21. The fourth-order valence-electron chi connectivity index (χ4n) is 4.68. The first-order chi connectivity index (χ1) is 26.8. The Bertz CT molecular complexity index is 1910. The van der Waals surface area contributed by atoms with E-state index >= 15 is 0 Å². The minimum Gasteiger partial charge on any atom is -0.494 e. The molecule has 0 bridgehead atoms. The molecule has 13 heteroatoms. The van der Waals surface area contributed by atoms with Crippen LogP contribution in [-0.2, 0) is 25.8 Å². The van der Waals surface area contributed by atoms with E-state index in [1.54, 1.807) is 91.1 Å². The molecule has 13 nitrogen and oxygen atoms in total. The first-order valence-corrected chi connectivity index (χ1v) is 17.2. The van der Waals surface area contributed by atoms with Crippen LogP contribution in [0.3, 0.4) is 0 Å². The molecule has 0 aromatic heterocycles. The molecule has 286 valence electrons. The van der Waals surface area contributed by atoms with Crippen molar-refractivity contribution in [3.8, 4) is 34.5 Å². The van der Waals surface area contributed by atoms with Crippen LogP contribution in [0.4, 0.5) is 0 Å². The highest BCUT2D eigenvalue weighted by Gasteiger charge is 2.16. The Kier molecular flexibility index (Phi) is 16.7. The van der Waals surface area contributed by atoms with Gasteiger partial charge >= 0.3 is 17.9 Å². The van der Waals surface area contributed by atoms with Gasteiger partial charge in [-0.1, -0.05) is 25.3 Å². The van der Waals surface area contributed by atoms with Crippen LogP contribution in [0.2, 0.25) is 0 Å². The Labute approximate surface area is 319 Å². The number of nitrogens with zero attached hydrogens (tertiary/aromatic N) is 2. The van der Waals surface area contributed by atoms with Crippen LogP contribution in [0, 0.1) is 0 Å².